The number of nitrogens with zero attached hydrogens (tertiary/aromatic N) is 1. The van der Waals surface area contributed by atoms with Gasteiger partial charge in [0.15, 0.2) is 0 Å². The van der Waals surface area contributed by atoms with Crippen LogP contribution in [0.4, 0.5) is 0 Å². The summed E-state index contributed by atoms with van der Waals surface area (Å²) in [6, 6.07) is 1.75. The first kappa shape index (κ1) is 11.9. The molecule has 90 valence electrons. The molecule has 2 heterocycles. The average Bonchev–Trinajstić information content (AvgIpc) is 2.95. The van der Waals surface area contributed by atoms with Gasteiger partial charge in [-0.25, -0.2) is 4.98 Å². The molecule has 0 saturated carbocycles. The van der Waals surface area contributed by atoms with Crippen LogP contribution in [-0.2, 0) is 6.42 Å². The molecule has 0 aliphatic carbocycles. The summed E-state index contributed by atoms with van der Waals surface area (Å²) in [5.41, 5.74) is 0.565. The van der Waals surface area contributed by atoms with Gasteiger partial charge in [-0.05, 0) is 28.4 Å². The Bertz CT molecular complexity index is 477. The Labute approximate surface area is 107 Å². The predicted octanol–water partition coefficient (Wildman–Crippen LogP) is 1.86. The van der Waals surface area contributed by atoms with Gasteiger partial charge in [-0.1, -0.05) is 0 Å². The van der Waals surface area contributed by atoms with Crippen LogP contribution in [0, 0.1) is 0 Å². The van der Waals surface area contributed by atoms with Crippen molar-refractivity contribution in [2.75, 3.05) is 6.54 Å². The van der Waals surface area contributed by atoms with Gasteiger partial charge < -0.3 is 15.3 Å². The summed E-state index contributed by atoms with van der Waals surface area (Å²) in [5.74, 6) is 0.858. The Hall–Kier alpha value is -1.56. The number of imidazole rings is 1. The van der Waals surface area contributed by atoms with E-state index in [1.54, 1.807) is 24.7 Å². The summed E-state index contributed by atoms with van der Waals surface area (Å²) < 4.78 is 0.873. The smallest absolute Gasteiger partial charge is 0.267 e. The molecule has 0 fully saturated rings. The fourth-order valence-corrected chi connectivity index (χ4v) is 1.83. The summed E-state index contributed by atoms with van der Waals surface area (Å²) in [7, 11) is 0. The molecule has 0 radical (unpaired) electrons. The van der Waals surface area contributed by atoms with Gasteiger partial charge in [-0.2, -0.15) is 0 Å². The number of carbonyl (C=O) groups is 1. The van der Waals surface area contributed by atoms with Crippen molar-refractivity contribution in [1.29, 1.82) is 0 Å². The number of rotatable bonds is 5. The maximum atomic E-state index is 11.6. The molecule has 17 heavy (non-hydrogen) atoms. The number of H-pyrrole nitrogens is 2. The maximum absolute atomic E-state index is 11.6. The minimum atomic E-state index is -0.0878. The molecule has 0 bridgehead atoms. The first-order valence-electron chi connectivity index (χ1n) is 5.36. The summed E-state index contributed by atoms with van der Waals surface area (Å²) in [5, 5.41) is 2.84. The lowest BCUT2D eigenvalue weighted by Crippen LogP contribution is -2.25. The van der Waals surface area contributed by atoms with Crippen molar-refractivity contribution in [2.45, 2.75) is 12.8 Å². The van der Waals surface area contributed by atoms with Crippen LogP contribution in [0.2, 0.25) is 0 Å². The largest absolute Gasteiger partial charge is 0.356 e. The van der Waals surface area contributed by atoms with Crippen LogP contribution < -0.4 is 5.32 Å². The Kier molecular flexibility index (Phi) is 3.98. The van der Waals surface area contributed by atoms with Crippen LogP contribution in [-0.4, -0.2) is 27.4 Å². The SMILES string of the molecule is O=C(NCCCc1ncc[nH]1)c1cc(Br)c[nH]1. The fraction of sp³-hybridized carbons (Fsp3) is 0.273. The van der Waals surface area contributed by atoms with Gasteiger partial charge >= 0.3 is 0 Å². The zero-order valence-corrected chi connectivity index (χ0v) is 10.8. The third kappa shape index (κ3) is 3.45. The van der Waals surface area contributed by atoms with Crippen molar-refractivity contribution in [3.8, 4) is 0 Å². The zero-order valence-electron chi connectivity index (χ0n) is 9.16. The van der Waals surface area contributed by atoms with E-state index >= 15 is 0 Å². The highest BCUT2D eigenvalue weighted by Crippen LogP contribution is 2.10. The number of amides is 1. The average molecular weight is 297 g/mol. The van der Waals surface area contributed by atoms with Gasteiger partial charge in [0.25, 0.3) is 5.91 Å². The minimum absolute atomic E-state index is 0.0878. The van der Waals surface area contributed by atoms with Gasteiger partial charge in [-0.3, -0.25) is 4.79 Å². The molecule has 0 aliphatic heterocycles. The Balaban J connectivity index is 1.70. The molecular weight excluding hydrogens is 284 g/mol. The second kappa shape index (κ2) is 5.67. The van der Waals surface area contributed by atoms with E-state index in [2.05, 4.69) is 36.2 Å². The number of aryl methyl sites for hydroxylation is 1. The standard InChI is InChI=1S/C11H13BrN4O/c12-8-6-9(16-7-8)11(17)15-3-1-2-10-13-4-5-14-10/h4-7,16H,1-3H2,(H,13,14)(H,15,17). The Morgan fingerprint density at radius 3 is 3.00 bits per heavy atom. The third-order valence-electron chi connectivity index (χ3n) is 2.32. The normalized spacial score (nSPS) is 10.4. The predicted molar refractivity (Wildman–Crippen MR) is 67.7 cm³/mol. The molecule has 2 aromatic heterocycles. The summed E-state index contributed by atoms with van der Waals surface area (Å²) in [4.78, 5) is 21.7. The first-order chi connectivity index (χ1) is 8.25. The van der Waals surface area contributed by atoms with Gasteiger partial charge in [0.05, 0.1) is 0 Å². The number of halogens is 1. The zero-order chi connectivity index (χ0) is 12.1. The van der Waals surface area contributed by atoms with Gasteiger partial charge in [0, 0.05) is 36.0 Å². The molecule has 5 nitrogen and oxygen atoms in total. The van der Waals surface area contributed by atoms with Crippen LogP contribution >= 0.6 is 15.9 Å². The van der Waals surface area contributed by atoms with Crippen molar-refractivity contribution in [2.24, 2.45) is 0 Å². The number of aromatic amines is 2. The van der Waals surface area contributed by atoms with E-state index in [0.717, 1.165) is 23.1 Å². The highest BCUT2D eigenvalue weighted by molar-refractivity contribution is 9.10. The molecule has 2 rings (SSSR count). The minimum Gasteiger partial charge on any atom is -0.356 e. The molecule has 3 N–H and O–H groups in total. The third-order valence-corrected chi connectivity index (χ3v) is 2.78. The fourth-order valence-electron chi connectivity index (χ4n) is 1.49. The molecule has 1 amide bonds. The van der Waals surface area contributed by atoms with Crippen molar-refractivity contribution in [3.05, 3.63) is 40.6 Å². The lowest BCUT2D eigenvalue weighted by Gasteiger charge is -2.02. The van der Waals surface area contributed by atoms with E-state index in [4.69, 9.17) is 0 Å². The lowest BCUT2D eigenvalue weighted by atomic mass is 10.3. The lowest BCUT2D eigenvalue weighted by molar-refractivity contribution is 0.0949. The number of hydrogen-bond acceptors (Lipinski definition) is 2. The van der Waals surface area contributed by atoms with E-state index in [0.29, 0.717) is 12.2 Å². The van der Waals surface area contributed by atoms with Crippen LogP contribution in [0.5, 0.6) is 0 Å². The molecule has 0 atom stereocenters. The number of aromatic nitrogens is 3. The van der Waals surface area contributed by atoms with E-state index in [1.807, 2.05) is 0 Å². The van der Waals surface area contributed by atoms with Crippen LogP contribution in [0.1, 0.15) is 22.7 Å². The second-order valence-corrected chi connectivity index (χ2v) is 4.54. The Morgan fingerprint density at radius 1 is 1.47 bits per heavy atom. The molecular formula is C11H13BrN4O. The van der Waals surface area contributed by atoms with Crippen LogP contribution in [0.25, 0.3) is 0 Å². The molecule has 0 unspecified atom stereocenters. The van der Waals surface area contributed by atoms with Crippen LogP contribution in [0.15, 0.2) is 29.1 Å². The van der Waals surface area contributed by atoms with Gasteiger partial charge in [-0.15, -0.1) is 0 Å². The summed E-state index contributed by atoms with van der Waals surface area (Å²) in [6.45, 7) is 0.635. The molecule has 0 aliphatic rings. The van der Waals surface area contributed by atoms with E-state index in [1.165, 1.54) is 0 Å². The first-order valence-corrected chi connectivity index (χ1v) is 6.15. The number of hydrogen-bond donors (Lipinski definition) is 3. The summed E-state index contributed by atoms with van der Waals surface area (Å²) >= 11 is 3.28. The van der Waals surface area contributed by atoms with Crippen molar-refractivity contribution in [1.82, 2.24) is 20.3 Å². The molecule has 0 spiro atoms. The maximum Gasteiger partial charge on any atom is 0.267 e. The van der Waals surface area contributed by atoms with Crippen molar-refractivity contribution < 1.29 is 4.79 Å². The topological polar surface area (TPSA) is 73.6 Å². The van der Waals surface area contributed by atoms with Crippen LogP contribution in [0.3, 0.4) is 0 Å². The van der Waals surface area contributed by atoms with E-state index in [9.17, 15) is 4.79 Å². The van der Waals surface area contributed by atoms with Gasteiger partial charge in [0.1, 0.15) is 11.5 Å². The quantitative estimate of drug-likeness (QED) is 0.737. The highest BCUT2D eigenvalue weighted by Gasteiger charge is 2.06. The highest BCUT2D eigenvalue weighted by atomic mass is 79.9. The summed E-state index contributed by atoms with van der Waals surface area (Å²) in [6.07, 6.45) is 6.95. The molecule has 0 saturated heterocycles. The molecule has 6 heteroatoms. The molecule has 2 aromatic rings. The van der Waals surface area contributed by atoms with E-state index < -0.39 is 0 Å². The second-order valence-electron chi connectivity index (χ2n) is 3.63. The number of nitrogens with one attached hydrogen (secondary N) is 3. The van der Waals surface area contributed by atoms with E-state index in [-0.39, 0.29) is 5.91 Å². The molecule has 0 aromatic carbocycles. The van der Waals surface area contributed by atoms with Crippen molar-refractivity contribution >= 4 is 21.8 Å². The van der Waals surface area contributed by atoms with Crippen molar-refractivity contribution in [3.63, 3.8) is 0 Å². The monoisotopic (exact) mass is 296 g/mol. The van der Waals surface area contributed by atoms with Gasteiger partial charge in [0.2, 0.25) is 0 Å². The Morgan fingerprint density at radius 2 is 2.35 bits per heavy atom. The number of carbonyl (C=O) groups excluding carboxylic acids is 1.